The van der Waals surface area contributed by atoms with Gasteiger partial charge in [-0.05, 0) is 66.9 Å². The second kappa shape index (κ2) is 11.1. The first-order valence-corrected chi connectivity index (χ1v) is 13.1. The van der Waals surface area contributed by atoms with Gasteiger partial charge >= 0.3 is 0 Å². The fraction of sp³-hybridized carbons (Fsp3) is 0.172. The monoisotopic (exact) mass is 443 g/mol. The summed E-state index contributed by atoms with van der Waals surface area (Å²) in [5.41, 5.74) is 1.38. The summed E-state index contributed by atoms with van der Waals surface area (Å²) in [6.07, 6.45) is 3.24. The Morgan fingerprint density at radius 1 is 0.594 bits per heavy atom. The van der Waals surface area contributed by atoms with Crippen LogP contribution in [0.25, 0.3) is 0 Å². The summed E-state index contributed by atoms with van der Waals surface area (Å²) in [7, 11) is -1.87. The average molecular weight is 444 g/mol. The van der Waals surface area contributed by atoms with Crippen LogP contribution in [0.4, 0.5) is 4.39 Å². The van der Waals surface area contributed by atoms with Crippen molar-refractivity contribution in [3.63, 3.8) is 0 Å². The van der Waals surface area contributed by atoms with Gasteiger partial charge in [0.25, 0.3) is 0 Å². The van der Waals surface area contributed by atoms with Gasteiger partial charge in [0.2, 0.25) is 0 Å². The van der Waals surface area contributed by atoms with Gasteiger partial charge in [0, 0.05) is 0 Å². The van der Waals surface area contributed by atoms with E-state index in [1.165, 1.54) is 21.5 Å². The first-order chi connectivity index (χ1) is 15.8. The van der Waals surface area contributed by atoms with Crippen LogP contribution < -0.4 is 20.7 Å². The predicted molar refractivity (Wildman–Crippen MR) is 136 cm³/mol. The van der Waals surface area contributed by atoms with E-state index in [1.807, 2.05) is 12.1 Å². The van der Waals surface area contributed by atoms with Crippen LogP contribution in [0.1, 0.15) is 12.0 Å². The molecule has 0 atom stereocenters. The maximum absolute atomic E-state index is 12.5. The van der Waals surface area contributed by atoms with E-state index in [0.29, 0.717) is 0 Å². The van der Waals surface area contributed by atoms with Crippen molar-refractivity contribution in [2.45, 2.75) is 12.8 Å². The molecular weight excluding hydrogens is 414 g/mol. The molecule has 0 unspecified atom stereocenters. The summed E-state index contributed by atoms with van der Waals surface area (Å²) in [5.74, 6) is 0.718. The molecule has 0 aliphatic rings. The predicted octanol–water partition coefficient (Wildman–Crippen LogP) is 5.96. The molecule has 4 rings (SSSR count). The molecule has 1 nitrogen and oxygen atoms in total. The normalized spacial score (nSPS) is 11.3. The minimum Gasteiger partial charge on any atom is -0.491 e. The number of aryl methyl sites for hydroxylation is 1. The van der Waals surface area contributed by atoms with Crippen LogP contribution in [0.5, 0.6) is 5.75 Å². The Bertz CT molecular complexity index is 1030. The molecule has 0 amide bonds. The summed E-state index contributed by atoms with van der Waals surface area (Å²) < 4.78 is 18.1. The van der Waals surface area contributed by atoms with Crippen LogP contribution in [-0.4, -0.2) is 19.4 Å². The molecule has 0 saturated carbocycles. The minimum absolute atomic E-state index is 0.0913. The number of ether oxygens (including phenoxy) is 1. The summed E-state index contributed by atoms with van der Waals surface area (Å²) in [6, 6.07) is 40.9. The lowest BCUT2D eigenvalue weighted by molar-refractivity contribution is 0.273. The Kier molecular flexibility index (Phi) is 7.69. The van der Waals surface area contributed by atoms with Gasteiger partial charge in [0.15, 0.2) is 0 Å². The molecule has 0 aliphatic heterocycles. The molecule has 3 heteroatoms. The lowest BCUT2D eigenvalue weighted by atomic mass is 10.1. The molecule has 0 aliphatic carbocycles. The molecule has 4 aromatic rings. The van der Waals surface area contributed by atoms with Crippen molar-refractivity contribution in [3.05, 3.63) is 121 Å². The van der Waals surface area contributed by atoms with E-state index >= 15 is 0 Å². The molecule has 0 saturated heterocycles. The zero-order chi connectivity index (χ0) is 22.1. The van der Waals surface area contributed by atoms with Gasteiger partial charge in [0.1, 0.15) is 42.2 Å². The zero-order valence-electron chi connectivity index (χ0n) is 18.2. The Labute approximate surface area is 191 Å². The maximum atomic E-state index is 12.5. The molecular formula is C29H29FOP+. The van der Waals surface area contributed by atoms with E-state index in [4.69, 9.17) is 4.74 Å². The Morgan fingerprint density at radius 3 is 1.62 bits per heavy atom. The SMILES string of the molecule is FCCOc1ccc([P+](CCCc2ccccc2)(c2ccccc2)c2ccccc2)cc1. The van der Waals surface area contributed by atoms with Crippen LogP contribution in [0, 0.1) is 0 Å². The number of rotatable bonds is 10. The van der Waals surface area contributed by atoms with Crippen LogP contribution in [0.2, 0.25) is 0 Å². The summed E-state index contributed by atoms with van der Waals surface area (Å²) >= 11 is 0. The molecule has 0 aromatic heterocycles. The van der Waals surface area contributed by atoms with E-state index in [-0.39, 0.29) is 6.61 Å². The van der Waals surface area contributed by atoms with Crippen molar-refractivity contribution in [1.29, 1.82) is 0 Å². The number of halogens is 1. The summed E-state index contributed by atoms with van der Waals surface area (Å²) in [4.78, 5) is 0. The van der Waals surface area contributed by atoms with Gasteiger partial charge in [-0.15, -0.1) is 0 Å². The first-order valence-electron chi connectivity index (χ1n) is 11.2. The molecule has 0 fully saturated rings. The Morgan fingerprint density at radius 2 is 1.09 bits per heavy atom. The number of alkyl halides is 1. The largest absolute Gasteiger partial charge is 0.491 e. The number of benzene rings is 4. The highest BCUT2D eigenvalue weighted by atomic mass is 31.2. The average Bonchev–Trinajstić information content (AvgIpc) is 2.88. The topological polar surface area (TPSA) is 9.23 Å². The van der Waals surface area contributed by atoms with Crippen molar-refractivity contribution < 1.29 is 9.13 Å². The molecule has 4 aromatic carbocycles. The summed E-state index contributed by atoms with van der Waals surface area (Å²) in [6.45, 7) is -0.389. The third-order valence-electron chi connectivity index (χ3n) is 5.82. The molecule has 0 spiro atoms. The summed E-state index contributed by atoms with van der Waals surface area (Å²) in [5, 5.41) is 4.10. The van der Waals surface area contributed by atoms with Crippen LogP contribution in [0.3, 0.4) is 0 Å². The van der Waals surface area contributed by atoms with Crippen molar-refractivity contribution in [1.82, 2.24) is 0 Å². The zero-order valence-corrected chi connectivity index (χ0v) is 19.1. The third-order valence-corrected chi connectivity index (χ3v) is 10.3. The first kappa shape index (κ1) is 22.2. The molecule has 0 bridgehead atoms. The molecule has 0 radical (unpaired) electrons. The van der Waals surface area contributed by atoms with E-state index < -0.39 is 13.9 Å². The van der Waals surface area contributed by atoms with Gasteiger partial charge in [-0.1, -0.05) is 66.7 Å². The minimum atomic E-state index is -1.87. The lowest BCUT2D eigenvalue weighted by Gasteiger charge is -2.28. The Balaban J connectivity index is 1.76. The molecule has 32 heavy (non-hydrogen) atoms. The Hall–Kier alpha value is -2.96. The second-order valence-corrected chi connectivity index (χ2v) is 11.4. The maximum Gasteiger partial charge on any atom is 0.123 e. The van der Waals surface area contributed by atoms with Crippen molar-refractivity contribution in [2.75, 3.05) is 19.4 Å². The van der Waals surface area contributed by atoms with Gasteiger partial charge in [0.05, 0.1) is 6.16 Å². The third kappa shape index (κ3) is 5.09. The van der Waals surface area contributed by atoms with Crippen LogP contribution >= 0.6 is 7.26 Å². The smallest absolute Gasteiger partial charge is 0.123 e. The molecule has 162 valence electrons. The fourth-order valence-corrected chi connectivity index (χ4v) is 8.64. The van der Waals surface area contributed by atoms with E-state index in [1.54, 1.807) is 0 Å². The van der Waals surface area contributed by atoms with Gasteiger partial charge in [-0.25, -0.2) is 4.39 Å². The van der Waals surface area contributed by atoms with Crippen LogP contribution in [0.15, 0.2) is 115 Å². The standard InChI is InChI=1S/C29H29FOP/c30-22-23-31-26-18-20-29(21-19-26)32(27-14-6-2-7-15-27,28-16-8-3-9-17-28)24-10-13-25-11-4-1-5-12-25/h1-9,11-12,14-21H,10,13,22-24H2/q+1. The van der Waals surface area contributed by atoms with E-state index in [0.717, 1.165) is 24.8 Å². The van der Waals surface area contributed by atoms with Crippen molar-refractivity contribution in [2.24, 2.45) is 0 Å². The molecule has 0 N–H and O–H groups in total. The van der Waals surface area contributed by atoms with Crippen molar-refractivity contribution >= 4 is 23.2 Å². The van der Waals surface area contributed by atoms with E-state index in [9.17, 15) is 4.39 Å². The quantitative estimate of drug-likeness (QED) is 0.275. The van der Waals surface area contributed by atoms with Crippen LogP contribution in [-0.2, 0) is 6.42 Å². The highest BCUT2D eigenvalue weighted by molar-refractivity contribution is 7.95. The van der Waals surface area contributed by atoms with Crippen molar-refractivity contribution in [3.8, 4) is 5.75 Å². The highest BCUT2D eigenvalue weighted by Gasteiger charge is 2.44. The number of hydrogen-bond acceptors (Lipinski definition) is 1. The molecule has 0 heterocycles. The second-order valence-electron chi connectivity index (χ2n) is 7.82. The lowest BCUT2D eigenvalue weighted by Crippen LogP contribution is -2.33. The van der Waals surface area contributed by atoms with Gasteiger partial charge in [-0.3, -0.25) is 0 Å². The highest BCUT2D eigenvalue weighted by Crippen LogP contribution is 2.56. The van der Waals surface area contributed by atoms with E-state index in [2.05, 4.69) is 103 Å². The van der Waals surface area contributed by atoms with Gasteiger partial charge in [-0.2, -0.15) is 0 Å². The fourth-order valence-electron chi connectivity index (χ4n) is 4.32. The number of hydrogen-bond donors (Lipinski definition) is 0. The van der Waals surface area contributed by atoms with Gasteiger partial charge < -0.3 is 4.74 Å².